The number of hydrogen-bond donors (Lipinski definition) is 1. The Morgan fingerprint density at radius 2 is 2.35 bits per heavy atom. The number of thioether (sulfide) groups is 1. The number of hydrogen-bond acceptors (Lipinski definition) is 5. The van der Waals surface area contributed by atoms with Gasteiger partial charge < -0.3 is 5.32 Å². The summed E-state index contributed by atoms with van der Waals surface area (Å²) in [5.41, 5.74) is 0. The van der Waals surface area contributed by atoms with Gasteiger partial charge in [-0.3, -0.25) is 0 Å². The third kappa shape index (κ3) is 4.29. The van der Waals surface area contributed by atoms with Crippen molar-refractivity contribution in [3.05, 3.63) is 24.4 Å². The molecule has 1 saturated heterocycles. The van der Waals surface area contributed by atoms with E-state index in [2.05, 4.69) is 10.3 Å². The van der Waals surface area contributed by atoms with Crippen LogP contribution in [-0.2, 0) is 9.84 Å². The summed E-state index contributed by atoms with van der Waals surface area (Å²) in [5, 5.41) is 4.29. The van der Waals surface area contributed by atoms with Crippen LogP contribution in [-0.4, -0.2) is 43.2 Å². The van der Waals surface area contributed by atoms with E-state index in [-0.39, 0.29) is 6.04 Å². The van der Waals surface area contributed by atoms with Crippen LogP contribution in [0.4, 0.5) is 0 Å². The van der Waals surface area contributed by atoms with E-state index < -0.39 is 9.84 Å². The Bertz CT molecular complexity index is 448. The largest absolute Gasteiger partial charge is 0.312 e. The van der Waals surface area contributed by atoms with Crippen LogP contribution in [0.5, 0.6) is 0 Å². The first-order chi connectivity index (χ1) is 8.16. The lowest BCUT2D eigenvalue weighted by Gasteiger charge is -2.09. The van der Waals surface area contributed by atoms with Crippen molar-refractivity contribution in [2.24, 2.45) is 0 Å². The summed E-state index contributed by atoms with van der Waals surface area (Å²) in [5.74, 6) is 1.53. The zero-order valence-electron chi connectivity index (χ0n) is 9.50. The highest BCUT2D eigenvalue weighted by Crippen LogP contribution is 2.14. The van der Waals surface area contributed by atoms with Crippen LogP contribution in [0.3, 0.4) is 0 Å². The normalized spacial score (nSPS) is 22.7. The molecule has 1 aliphatic heterocycles. The smallest absolute Gasteiger partial charge is 0.151 e. The highest BCUT2D eigenvalue weighted by molar-refractivity contribution is 7.99. The van der Waals surface area contributed by atoms with Gasteiger partial charge >= 0.3 is 0 Å². The van der Waals surface area contributed by atoms with Crippen LogP contribution in [0.25, 0.3) is 0 Å². The number of pyridine rings is 1. The van der Waals surface area contributed by atoms with E-state index in [0.29, 0.717) is 11.5 Å². The zero-order chi connectivity index (χ0) is 12.1. The van der Waals surface area contributed by atoms with E-state index in [1.165, 1.54) is 0 Å². The summed E-state index contributed by atoms with van der Waals surface area (Å²) in [6.45, 7) is 0.821. The van der Waals surface area contributed by atoms with Crippen molar-refractivity contribution in [1.82, 2.24) is 10.3 Å². The highest BCUT2D eigenvalue weighted by atomic mass is 32.2. The average molecular weight is 272 g/mol. The molecule has 1 unspecified atom stereocenters. The minimum atomic E-state index is -2.77. The molecule has 0 bridgehead atoms. The van der Waals surface area contributed by atoms with Gasteiger partial charge in [-0.1, -0.05) is 6.07 Å². The van der Waals surface area contributed by atoms with Gasteiger partial charge in [0, 0.05) is 24.5 Å². The molecule has 4 nitrogen and oxygen atoms in total. The first-order valence-corrected chi connectivity index (χ1v) is 8.44. The molecule has 6 heteroatoms. The fraction of sp³-hybridized carbons (Fsp3) is 0.545. The molecule has 1 N–H and O–H groups in total. The molecule has 0 spiro atoms. The first-order valence-electron chi connectivity index (χ1n) is 5.63. The quantitative estimate of drug-likeness (QED) is 0.639. The van der Waals surface area contributed by atoms with Gasteiger partial charge in [-0.2, -0.15) is 0 Å². The molecule has 0 saturated carbocycles. The Morgan fingerprint density at radius 1 is 1.47 bits per heavy atom. The van der Waals surface area contributed by atoms with Crippen molar-refractivity contribution in [3.8, 4) is 0 Å². The number of aromatic nitrogens is 1. The molecule has 94 valence electrons. The summed E-state index contributed by atoms with van der Waals surface area (Å²) in [7, 11) is -2.77. The fourth-order valence-electron chi connectivity index (χ4n) is 1.81. The molecule has 2 heterocycles. The van der Waals surface area contributed by atoms with Crippen LogP contribution in [0.2, 0.25) is 0 Å². The van der Waals surface area contributed by atoms with Gasteiger partial charge in [0.05, 0.1) is 16.5 Å². The van der Waals surface area contributed by atoms with Crippen molar-refractivity contribution in [1.29, 1.82) is 0 Å². The minimum Gasteiger partial charge on any atom is -0.312 e. The Hall–Kier alpha value is -0.590. The molecule has 1 fully saturated rings. The second-order valence-electron chi connectivity index (χ2n) is 4.07. The van der Waals surface area contributed by atoms with Crippen LogP contribution in [0.1, 0.15) is 6.42 Å². The number of nitrogens with one attached hydrogen (secondary N) is 1. The lowest BCUT2D eigenvalue weighted by molar-refractivity contribution is 0.574. The van der Waals surface area contributed by atoms with Gasteiger partial charge in [0.1, 0.15) is 0 Å². The third-order valence-electron chi connectivity index (χ3n) is 2.66. The van der Waals surface area contributed by atoms with Crippen LogP contribution in [0.15, 0.2) is 29.4 Å². The predicted octanol–water partition coefficient (Wildman–Crippen LogP) is 0.950. The molecule has 0 radical (unpaired) electrons. The predicted molar refractivity (Wildman–Crippen MR) is 70.0 cm³/mol. The zero-order valence-corrected chi connectivity index (χ0v) is 11.1. The molecule has 0 amide bonds. The molecule has 1 aromatic heterocycles. The van der Waals surface area contributed by atoms with E-state index in [4.69, 9.17) is 0 Å². The Kier molecular flexibility index (Phi) is 4.42. The van der Waals surface area contributed by atoms with Crippen LogP contribution < -0.4 is 5.32 Å². The minimum absolute atomic E-state index is 0.143. The van der Waals surface area contributed by atoms with E-state index in [1.54, 1.807) is 18.0 Å². The Balaban J connectivity index is 1.64. The number of rotatable bonds is 5. The summed E-state index contributed by atoms with van der Waals surface area (Å²) in [6.07, 6.45) is 2.52. The maximum absolute atomic E-state index is 11.2. The summed E-state index contributed by atoms with van der Waals surface area (Å²) >= 11 is 1.68. The van der Waals surface area contributed by atoms with Crippen molar-refractivity contribution < 1.29 is 8.42 Å². The molecular formula is C11H16N2O2S2. The molecule has 1 aromatic rings. The van der Waals surface area contributed by atoms with Gasteiger partial charge in [-0.05, 0) is 18.6 Å². The SMILES string of the molecule is O=S1(=O)CCC(NCCSc2ccccn2)C1. The standard InChI is InChI=1S/C11H16N2O2S2/c14-17(15)8-4-10(9-17)12-6-7-16-11-3-1-2-5-13-11/h1-3,5,10,12H,4,6-9H2. The molecule has 0 aliphatic carbocycles. The second kappa shape index (κ2) is 5.84. The van der Waals surface area contributed by atoms with E-state index >= 15 is 0 Å². The monoisotopic (exact) mass is 272 g/mol. The van der Waals surface area contributed by atoms with Crippen molar-refractivity contribution >= 4 is 21.6 Å². The van der Waals surface area contributed by atoms with Crippen LogP contribution >= 0.6 is 11.8 Å². The Morgan fingerprint density at radius 3 is 3.00 bits per heavy atom. The van der Waals surface area contributed by atoms with Gasteiger partial charge in [0.2, 0.25) is 0 Å². The molecule has 1 atom stereocenters. The number of nitrogens with zero attached hydrogens (tertiary/aromatic N) is 1. The van der Waals surface area contributed by atoms with Crippen molar-refractivity contribution in [2.75, 3.05) is 23.8 Å². The lowest BCUT2D eigenvalue weighted by Crippen LogP contribution is -2.31. The van der Waals surface area contributed by atoms with Crippen LogP contribution in [0, 0.1) is 0 Å². The first kappa shape index (κ1) is 12.9. The van der Waals surface area contributed by atoms with Crippen molar-refractivity contribution in [2.45, 2.75) is 17.5 Å². The fourth-order valence-corrected chi connectivity index (χ4v) is 4.25. The van der Waals surface area contributed by atoms with Crippen molar-refractivity contribution in [3.63, 3.8) is 0 Å². The van der Waals surface area contributed by atoms with E-state index in [1.807, 2.05) is 18.2 Å². The summed E-state index contributed by atoms with van der Waals surface area (Å²) < 4.78 is 22.5. The highest BCUT2D eigenvalue weighted by Gasteiger charge is 2.26. The molecule has 2 rings (SSSR count). The maximum atomic E-state index is 11.2. The summed E-state index contributed by atoms with van der Waals surface area (Å²) in [6, 6.07) is 5.98. The molecule has 0 aromatic carbocycles. The van der Waals surface area contributed by atoms with E-state index in [9.17, 15) is 8.42 Å². The maximum Gasteiger partial charge on any atom is 0.151 e. The topological polar surface area (TPSA) is 59.1 Å². The molecule has 17 heavy (non-hydrogen) atoms. The lowest BCUT2D eigenvalue weighted by atomic mass is 10.3. The second-order valence-corrected chi connectivity index (χ2v) is 7.41. The molecular weight excluding hydrogens is 256 g/mol. The van der Waals surface area contributed by atoms with E-state index in [0.717, 1.165) is 23.7 Å². The van der Waals surface area contributed by atoms with Gasteiger partial charge in [0.25, 0.3) is 0 Å². The molecule has 1 aliphatic rings. The van der Waals surface area contributed by atoms with Gasteiger partial charge in [-0.15, -0.1) is 11.8 Å². The third-order valence-corrected chi connectivity index (χ3v) is 5.37. The Labute approximate surface area is 106 Å². The summed E-state index contributed by atoms with van der Waals surface area (Å²) in [4.78, 5) is 4.21. The van der Waals surface area contributed by atoms with Gasteiger partial charge in [0.15, 0.2) is 9.84 Å². The van der Waals surface area contributed by atoms with Gasteiger partial charge in [-0.25, -0.2) is 13.4 Å². The number of sulfone groups is 1. The average Bonchev–Trinajstić information content (AvgIpc) is 2.66.